The van der Waals surface area contributed by atoms with Crippen LogP contribution in [0.1, 0.15) is 35.1 Å². The molecule has 2 nitrogen and oxygen atoms in total. The molecule has 3 rings (SSSR count). The van der Waals surface area contributed by atoms with Gasteiger partial charge in [-0.3, -0.25) is 0 Å². The molecule has 1 aliphatic rings. The van der Waals surface area contributed by atoms with Gasteiger partial charge in [0.25, 0.3) is 0 Å². The van der Waals surface area contributed by atoms with Gasteiger partial charge in [-0.05, 0) is 41.6 Å². The number of fused-ring (bicyclic) bond motifs is 1. The van der Waals surface area contributed by atoms with Gasteiger partial charge in [-0.1, -0.05) is 43.3 Å². The second-order valence-electron chi connectivity index (χ2n) is 5.65. The lowest BCUT2D eigenvalue weighted by Crippen LogP contribution is -2.18. The maximum absolute atomic E-state index is 10.3. The summed E-state index contributed by atoms with van der Waals surface area (Å²) < 4.78 is 0. The van der Waals surface area contributed by atoms with Gasteiger partial charge in [0.2, 0.25) is 0 Å². The summed E-state index contributed by atoms with van der Waals surface area (Å²) in [5.41, 5.74) is 5.08. The molecule has 0 amide bonds. The largest absolute Gasteiger partial charge is 0.508 e. The predicted octanol–water partition coefficient (Wildman–Crippen LogP) is 3.23. The minimum Gasteiger partial charge on any atom is -0.508 e. The molecule has 0 spiro atoms. The fourth-order valence-corrected chi connectivity index (χ4v) is 3.09. The van der Waals surface area contributed by atoms with Crippen LogP contribution in [-0.4, -0.2) is 18.2 Å². The van der Waals surface area contributed by atoms with Crippen molar-refractivity contribution in [2.24, 2.45) is 0 Å². The monoisotopic (exact) mass is 267 g/mol. The van der Waals surface area contributed by atoms with Crippen molar-refractivity contribution in [2.45, 2.75) is 25.7 Å². The van der Waals surface area contributed by atoms with Gasteiger partial charge >= 0.3 is 0 Å². The minimum atomic E-state index is 0.432. The summed E-state index contributed by atoms with van der Waals surface area (Å²) in [5, 5.41) is 13.8. The Kier molecular flexibility index (Phi) is 3.75. The SMILES string of the molecule is C[C@H]1CNCCc2c1ccc(O)c2Cc1ccccc1. The maximum atomic E-state index is 10.3. The van der Waals surface area contributed by atoms with Crippen molar-refractivity contribution in [3.63, 3.8) is 0 Å². The number of aromatic hydroxyl groups is 1. The van der Waals surface area contributed by atoms with Gasteiger partial charge in [0.05, 0.1) is 0 Å². The predicted molar refractivity (Wildman–Crippen MR) is 82.3 cm³/mol. The summed E-state index contributed by atoms with van der Waals surface area (Å²) in [4.78, 5) is 0. The molecule has 1 aliphatic heterocycles. The van der Waals surface area contributed by atoms with Crippen LogP contribution in [0.2, 0.25) is 0 Å². The molecule has 1 atom stereocenters. The Morgan fingerprint density at radius 2 is 1.95 bits per heavy atom. The second-order valence-corrected chi connectivity index (χ2v) is 5.65. The van der Waals surface area contributed by atoms with E-state index in [1.54, 1.807) is 0 Å². The van der Waals surface area contributed by atoms with Crippen LogP contribution in [0.4, 0.5) is 0 Å². The number of hydrogen-bond acceptors (Lipinski definition) is 2. The molecule has 0 saturated heterocycles. The summed E-state index contributed by atoms with van der Waals surface area (Å²) in [7, 11) is 0. The average Bonchev–Trinajstić information content (AvgIpc) is 2.65. The van der Waals surface area contributed by atoms with Gasteiger partial charge in [0.1, 0.15) is 5.75 Å². The lowest BCUT2D eigenvalue weighted by atomic mass is 9.88. The Balaban J connectivity index is 2.03. The van der Waals surface area contributed by atoms with E-state index in [-0.39, 0.29) is 0 Å². The van der Waals surface area contributed by atoms with Crippen LogP contribution >= 0.6 is 0 Å². The average molecular weight is 267 g/mol. The van der Waals surface area contributed by atoms with Gasteiger partial charge in [-0.2, -0.15) is 0 Å². The van der Waals surface area contributed by atoms with Crippen molar-refractivity contribution in [3.05, 3.63) is 64.7 Å². The van der Waals surface area contributed by atoms with E-state index in [9.17, 15) is 5.11 Å². The van der Waals surface area contributed by atoms with E-state index in [0.29, 0.717) is 11.7 Å². The first-order chi connectivity index (χ1) is 9.75. The summed E-state index contributed by atoms with van der Waals surface area (Å²) in [6.07, 6.45) is 1.80. The molecule has 0 unspecified atom stereocenters. The third kappa shape index (κ3) is 2.56. The molecule has 2 N–H and O–H groups in total. The minimum absolute atomic E-state index is 0.432. The Hall–Kier alpha value is -1.80. The number of hydrogen-bond donors (Lipinski definition) is 2. The van der Waals surface area contributed by atoms with Gasteiger partial charge < -0.3 is 10.4 Å². The Labute approximate surface area is 120 Å². The molecular formula is C18H21NO. The molecule has 2 aromatic carbocycles. The highest BCUT2D eigenvalue weighted by molar-refractivity contribution is 5.48. The third-order valence-electron chi connectivity index (χ3n) is 4.20. The fraction of sp³-hybridized carbons (Fsp3) is 0.333. The van der Waals surface area contributed by atoms with Crippen LogP contribution in [0, 0.1) is 0 Å². The van der Waals surface area contributed by atoms with Crippen molar-refractivity contribution < 1.29 is 5.11 Å². The van der Waals surface area contributed by atoms with E-state index in [1.165, 1.54) is 16.7 Å². The molecule has 0 aromatic heterocycles. The van der Waals surface area contributed by atoms with Gasteiger partial charge in [-0.15, -0.1) is 0 Å². The molecule has 0 bridgehead atoms. The number of rotatable bonds is 2. The summed E-state index contributed by atoms with van der Waals surface area (Å²) in [5.74, 6) is 0.935. The highest BCUT2D eigenvalue weighted by atomic mass is 16.3. The van der Waals surface area contributed by atoms with Crippen molar-refractivity contribution in [1.82, 2.24) is 5.32 Å². The molecule has 1 heterocycles. The Morgan fingerprint density at radius 1 is 1.15 bits per heavy atom. The number of phenols is 1. The molecule has 0 aliphatic carbocycles. The molecular weight excluding hydrogens is 246 g/mol. The zero-order valence-electron chi connectivity index (χ0n) is 11.9. The lowest BCUT2D eigenvalue weighted by molar-refractivity contribution is 0.468. The summed E-state index contributed by atoms with van der Waals surface area (Å²) >= 11 is 0. The van der Waals surface area contributed by atoms with Crippen LogP contribution in [-0.2, 0) is 12.8 Å². The first-order valence-corrected chi connectivity index (χ1v) is 7.34. The molecule has 104 valence electrons. The lowest BCUT2D eigenvalue weighted by Gasteiger charge is -2.17. The highest BCUT2D eigenvalue weighted by Gasteiger charge is 2.19. The molecule has 0 saturated carbocycles. The molecule has 2 aromatic rings. The van der Waals surface area contributed by atoms with Crippen LogP contribution in [0.5, 0.6) is 5.75 Å². The van der Waals surface area contributed by atoms with E-state index in [0.717, 1.165) is 31.5 Å². The molecule has 0 fully saturated rings. The Bertz CT molecular complexity index is 592. The number of phenolic OH excluding ortho intramolecular Hbond substituents is 1. The van der Waals surface area contributed by atoms with Crippen molar-refractivity contribution in [3.8, 4) is 5.75 Å². The quantitative estimate of drug-likeness (QED) is 0.875. The van der Waals surface area contributed by atoms with Gasteiger partial charge in [0.15, 0.2) is 0 Å². The van der Waals surface area contributed by atoms with E-state index in [2.05, 4.69) is 42.6 Å². The smallest absolute Gasteiger partial charge is 0.119 e. The molecule has 2 heteroatoms. The van der Waals surface area contributed by atoms with Gasteiger partial charge in [0, 0.05) is 18.5 Å². The van der Waals surface area contributed by atoms with Gasteiger partial charge in [-0.25, -0.2) is 0 Å². The van der Waals surface area contributed by atoms with E-state index >= 15 is 0 Å². The maximum Gasteiger partial charge on any atom is 0.119 e. The van der Waals surface area contributed by atoms with Crippen molar-refractivity contribution in [1.29, 1.82) is 0 Å². The van der Waals surface area contributed by atoms with Crippen LogP contribution in [0.3, 0.4) is 0 Å². The number of benzene rings is 2. The van der Waals surface area contributed by atoms with Crippen molar-refractivity contribution in [2.75, 3.05) is 13.1 Å². The molecule has 0 radical (unpaired) electrons. The van der Waals surface area contributed by atoms with E-state index in [4.69, 9.17) is 0 Å². The van der Waals surface area contributed by atoms with Crippen LogP contribution in [0.15, 0.2) is 42.5 Å². The number of nitrogens with one attached hydrogen (secondary N) is 1. The first-order valence-electron chi connectivity index (χ1n) is 7.34. The standard InChI is InChI=1S/C18H21NO/c1-13-12-19-10-9-16-15(13)7-8-18(20)17(16)11-14-5-3-2-4-6-14/h2-8,13,19-20H,9-12H2,1H3/t13-/m0/s1. The molecule has 20 heavy (non-hydrogen) atoms. The van der Waals surface area contributed by atoms with E-state index in [1.807, 2.05) is 12.1 Å². The second kappa shape index (κ2) is 5.68. The fourth-order valence-electron chi connectivity index (χ4n) is 3.09. The third-order valence-corrected chi connectivity index (χ3v) is 4.20. The van der Waals surface area contributed by atoms with Crippen LogP contribution < -0.4 is 5.32 Å². The van der Waals surface area contributed by atoms with Crippen molar-refractivity contribution >= 4 is 0 Å². The summed E-state index contributed by atoms with van der Waals surface area (Å²) in [6.45, 7) is 4.26. The topological polar surface area (TPSA) is 32.3 Å². The normalized spacial score (nSPS) is 18.4. The highest BCUT2D eigenvalue weighted by Crippen LogP contribution is 2.32. The summed E-state index contributed by atoms with van der Waals surface area (Å²) in [6, 6.07) is 14.3. The Morgan fingerprint density at radius 3 is 2.75 bits per heavy atom. The zero-order chi connectivity index (χ0) is 13.9. The van der Waals surface area contributed by atoms with Crippen LogP contribution in [0.25, 0.3) is 0 Å². The van der Waals surface area contributed by atoms with E-state index < -0.39 is 0 Å². The zero-order valence-corrected chi connectivity index (χ0v) is 11.9. The first kappa shape index (κ1) is 13.2.